The van der Waals surface area contributed by atoms with Crippen LogP contribution >= 0.6 is 0 Å². The second-order valence-corrected chi connectivity index (χ2v) is 6.61. The zero-order chi connectivity index (χ0) is 19.5. The molecule has 1 atom stereocenters. The maximum Gasteiger partial charge on any atom is 0.257 e. The van der Waals surface area contributed by atoms with Gasteiger partial charge in [0.15, 0.2) is 0 Å². The number of hydrogen-bond acceptors (Lipinski definition) is 5. The number of ether oxygens (including phenoxy) is 2. The fourth-order valence-electron chi connectivity index (χ4n) is 3.51. The predicted molar refractivity (Wildman–Crippen MR) is 108 cm³/mol. The van der Waals surface area contributed by atoms with Crippen molar-refractivity contribution in [1.29, 1.82) is 0 Å². The molecule has 0 saturated heterocycles. The zero-order valence-corrected chi connectivity index (χ0v) is 15.8. The molecule has 7 heteroatoms. The zero-order valence-electron chi connectivity index (χ0n) is 15.8. The van der Waals surface area contributed by atoms with Gasteiger partial charge in [0.2, 0.25) is 0 Å². The van der Waals surface area contributed by atoms with Crippen LogP contribution in [0.1, 0.15) is 16.8 Å². The van der Waals surface area contributed by atoms with Crippen LogP contribution in [0, 0.1) is 0 Å². The first-order chi connectivity index (χ1) is 13.7. The van der Waals surface area contributed by atoms with Crippen molar-refractivity contribution >= 4 is 23.0 Å². The fourth-order valence-corrected chi connectivity index (χ4v) is 3.51. The van der Waals surface area contributed by atoms with Crippen LogP contribution < -0.4 is 20.2 Å². The van der Waals surface area contributed by atoms with Gasteiger partial charge in [0, 0.05) is 28.7 Å². The average Bonchev–Trinajstić information content (AvgIpc) is 3.11. The number of aromatic amines is 1. The summed E-state index contributed by atoms with van der Waals surface area (Å²) in [5.41, 5.74) is 6.76. The van der Waals surface area contributed by atoms with Crippen molar-refractivity contribution in [1.82, 2.24) is 15.7 Å². The highest BCUT2D eigenvalue weighted by atomic mass is 16.5. The van der Waals surface area contributed by atoms with E-state index in [1.54, 1.807) is 38.6 Å². The topological polar surface area (TPSA) is 87.7 Å². The van der Waals surface area contributed by atoms with E-state index in [4.69, 9.17) is 9.47 Å². The molecule has 144 valence electrons. The van der Waals surface area contributed by atoms with Gasteiger partial charge in [-0.3, -0.25) is 10.1 Å². The highest BCUT2D eigenvalue weighted by molar-refractivity contribution is 5.89. The summed E-state index contributed by atoms with van der Waals surface area (Å²) in [4.78, 5) is 16.0. The molecule has 3 N–H and O–H groups in total. The summed E-state index contributed by atoms with van der Waals surface area (Å²) in [5, 5.41) is 8.53. The number of hydrogen-bond donors (Lipinski definition) is 3. The molecular formula is C21H22N4O3. The number of benzene rings is 2. The number of nitrogens with zero attached hydrogens (tertiary/aromatic N) is 1. The Labute approximate surface area is 162 Å². The van der Waals surface area contributed by atoms with Crippen molar-refractivity contribution in [2.45, 2.75) is 19.0 Å². The van der Waals surface area contributed by atoms with Gasteiger partial charge in [-0.05, 0) is 36.2 Å². The number of nitrogens with one attached hydrogen (secondary N) is 3. The second-order valence-electron chi connectivity index (χ2n) is 6.61. The number of carbonyl (C=O) groups excluding carboxylic acids is 1. The van der Waals surface area contributed by atoms with E-state index in [0.29, 0.717) is 24.5 Å². The number of rotatable bonds is 5. The maximum absolute atomic E-state index is 12.6. The highest BCUT2D eigenvalue weighted by Crippen LogP contribution is 2.26. The monoisotopic (exact) mass is 378 g/mol. The van der Waals surface area contributed by atoms with Gasteiger partial charge < -0.3 is 14.5 Å². The Morgan fingerprint density at radius 3 is 2.89 bits per heavy atom. The van der Waals surface area contributed by atoms with Gasteiger partial charge in [-0.25, -0.2) is 5.43 Å². The van der Waals surface area contributed by atoms with Gasteiger partial charge in [0.25, 0.3) is 5.91 Å². The quantitative estimate of drug-likeness (QED) is 0.470. The Hall–Kier alpha value is -3.32. The Kier molecular flexibility index (Phi) is 4.99. The normalized spacial score (nSPS) is 16.1. The number of aromatic nitrogens is 1. The van der Waals surface area contributed by atoms with Crippen LogP contribution in [-0.2, 0) is 17.8 Å². The number of H-pyrrole nitrogens is 1. The van der Waals surface area contributed by atoms with Gasteiger partial charge in [-0.1, -0.05) is 18.2 Å². The van der Waals surface area contributed by atoms with Crippen molar-refractivity contribution in [3.05, 3.63) is 59.3 Å². The van der Waals surface area contributed by atoms with Gasteiger partial charge in [-0.15, -0.1) is 0 Å². The van der Waals surface area contributed by atoms with Crippen LogP contribution in [0.25, 0.3) is 10.9 Å². The van der Waals surface area contributed by atoms with E-state index in [1.165, 1.54) is 10.9 Å². The summed E-state index contributed by atoms with van der Waals surface area (Å²) in [6.07, 6.45) is 2.17. The number of fused-ring (bicyclic) bond motifs is 3. The maximum atomic E-state index is 12.6. The van der Waals surface area contributed by atoms with Gasteiger partial charge in [0.1, 0.15) is 11.5 Å². The minimum Gasteiger partial charge on any atom is -0.497 e. The largest absolute Gasteiger partial charge is 0.497 e. The molecule has 0 bridgehead atoms. The molecular weight excluding hydrogens is 356 g/mol. The molecule has 0 aliphatic carbocycles. The summed E-state index contributed by atoms with van der Waals surface area (Å²) in [5.74, 6) is 1.17. The van der Waals surface area contributed by atoms with Crippen LogP contribution in [0.5, 0.6) is 11.5 Å². The van der Waals surface area contributed by atoms with Gasteiger partial charge in [0.05, 0.1) is 26.5 Å². The van der Waals surface area contributed by atoms with Crippen LogP contribution in [0.2, 0.25) is 0 Å². The molecule has 0 fully saturated rings. The van der Waals surface area contributed by atoms with Crippen LogP contribution in [0.15, 0.2) is 47.6 Å². The molecule has 1 aromatic heterocycles. The van der Waals surface area contributed by atoms with Crippen molar-refractivity contribution in [2.75, 3.05) is 14.2 Å². The summed E-state index contributed by atoms with van der Waals surface area (Å²) in [6, 6.07) is 13.2. The highest BCUT2D eigenvalue weighted by Gasteiger charge is 2.26. The third-order valence-electron chi connectivity index (χ3n) is 4.97. The molecule has 0 radical (unpaired) electrons. The van der Waals surface area contributed by atoms with Crippen LogP contribution in [0.4, 0.5) is 0 Å². The van der Waals surface area contributed by atoms with Crippen LogP contribution in [0.3, 0.4) is 0 Å². The molecule has 4 rings (SSSR count). The molecule has 2 heterocycles. The van der Waals surface area contributed by atoms with Gasteiger partial charge >= 0.3 is 0 Å². The summed E-state index contributed by atoms with van der Waals surface area (Å²) >= 11 is 0. The first-order valence-corrected chi connectivity index (χ1v) is 9.06. The third kappa shape index (κ3) is 3.44. The fraction of sp³-hybridized carbons (Fsp3) is 0.238. The Balaban J connectivity index is 1.46. The first kappa shape index (κ1) is 18.1. The molecule has 0 spiro atoms. The van der Waals surface area contributed by atoms with E-state index < -0.39 is 0 Å². The lowest BCUT2D eigenvalue weighted by atomic mass is 9.98. The molecule has 3 aromatic rings. The smallest absolute Gasteiger partial charge is 0.257 e. The Morgan fingerprint density at radius 2 is 2.07 bits per heavy atom. The molecule has 0 unspecified atom stereocenters. The first-order valence-electron chi connectivity index (χ1n) is 9.06. The minimum absolute atomic E-state index is 0.172. The molecule has 28 heavy (non-hydrogen) atoms. The minimum atomic E-state index is -0.337. The van der Waals surface area contributed by atoms with Gasteiger partial charge in [-0.2, -0.15) is 5.10 Å². The predicted octanol–water partition coefficient (Wildman–Crippen LogP) is 2.35. The molecule has 1 aliphatic rings. The summed E-state index contributed by atoms with van der Waals surface area (Å²) in [6.45, 7) is 0.621. The van der Waals surface area contributed by atoms with Crippen molar-refractivity contribution in [3.8, 4) is 11.5 Å². The lowest BCUT2D eigenvalue weighted by Crippen LogP contribution is -2.46. The molecule has 2 aromatic carbocycles. The lowest BCUT2D eigenvalue weighted by molar-refractivity contribution is -0.123. The van der Waals surface area contributed by atoms with E-state index in [2.05, 4.69) is 33.0 Å². The third-order valence-corrected chi connectivity index (χ3v) is 4.97. The van der Waals surface area contributed by atoms with Crippen molar-refractivity contribution in [3.63, 3.8) is 0 Å². The van der Waals surface area contributed by atoms with Crippen LogP contribution in [-0.4, -0.2) is 37.4 Å². The van der Waals surface area contributed by atoms with E-state index >= 15 is 0 Å². The molecule has 0 saturated carbocycles. The Morgan fingerprint density at radius 1 is 1.21 bits per heavy atom. The van der Waals surface area contributed by atoms with Crippen molar-refractivity contribution in [2.24, 2.45) is 5.10 Å². The van der Waals surface area contributed by atoms with E-state index in [0.717, 1.165) is 16.8 Å². The second kappa shape index (κ2) is 7.74. The number of para-hydroxylation sites is 1. The number of amides is 1. The molecule has 7 nitrogen and oxygen atoms in total. The number of carbonyl (C=O) groups is 1. The van der Waals surface area contributed by atoms with Crippen molar-refractivity contribution < 1.29 is 14.3 Å². The molecule has 1 aliphatic heterocycles. The van der Waals surface area contributed by atoms with E-state index in [-0.39, 0.29) is 11.9 Å². The molecule has 1 amide bonds. The summed E-state index contributed by atoms with van der Waals surface area (Å²) < 4.78 is 10.5. The number of methoxy groups -OCH3 is 2. The van der Waals surface area contributed by atoms with E-state index in [1.807, 2.05) is 12.1 Å². The standard InChI is InChI=1S/C21H22N4O3/c1-27-14-7-8-20(28-2)13(9-14)11-23-25-21(26)18-10-16-15-5-3-4-6-17(15)24-19(16)12-22-18/h3-9,11,18,22,24H,10,12H2,1-2H3,(H,25,26)/b23-11-/t18-/m1/s1. The lowest BCUT2D eigenvalue weighted by Gasteiger charge is -2.22. The number of hydrazone groups is 1. The SMILES string of the molecule is COc1ccc(OC)c(/C=N\NC(=O)[C@H]2Cc3c([nH]c4ccccc34)CN2)c1. The van der Waals surface area contributed by atoms with E-state index in [9.17, 15) is 4.79 Å². The summed E-state index contributed by atoms with van der Waals surface area (Å²) in [7, 11) is 3.18. The Bertz CT molecular complexity index is 1040. The average molecular weight is 378 g/mol.